The molecule has 4 nitrogen and oxygen atoms in total. The van der Waals surface area contributed by atoms with Gasteiger partial charge in [-0.3, -0.25) is 9.59 Å². The highest BCUT2D eigenvalue weighted by molar-refractivity contribution is 7.10. The third-order valence-electron chi connectivity index (χ3n) is 3.42. The molecular weight excluding hydrogens is 352 g/mol. The van der Waals surface area contributed by atoms with E-state index in [4.69, 9.17) is 0 Å². The van der Waals surface area contributed by atoms with Gasteiger partial charge in [0.25, 0.3) is 11.8 Å². The molecule has 6 heteroatoms. The Morgan fingerprint density at radius 2 is 1.84 bits per heavy atom. The molecule has 0 radical (unpaired) electrons. The summed E-state index contributed by atoms with van der Waals surface area (Å²) in [6.45, 7) is 1.98. The lowest BCUT2D eigenvalue weighted by Crippen LogP contribution is -2.30. The number of aryl methyl sites for hydroxylation is 1. The quantitative estimate of drug-likeness (QED) is 0.650. The standard InChI is InChI=1S/C19H16N2O2S2/c1-13-4-6-15(7-5-13)20-19(23)17(11-16-3-2-9-25-16)21-18(22)14-8-10-24-12-14/h2-12H,1H3,(H,20,23)(H,21,22). The van der Waals surface area contributed by atoms with Gasteiger partial charge in [-0.1, -0.05) is 23.8 Å². The van der Waals surface area contributed by atoms with Crippen LogP contribution in [0.2, 0.25) is 0 Å². The number of carbonyl (C=O) groups excluding carboxylic acids is 2. The van der Waals surface area contributed by atoms with Gasteiger partial charge in [-0.05, 0) is 48.0 Å². The average Bonchev–Trinajstić information content (AvgIpc) is 3.29. The van der Waals surface area contributed by atoms with Gasteiger partial charge in [-0.25, -0.2) is 0 Å². The number of benzene rings is 1. The minimum atomic E-state index is -0.360. The maximum absolute atomic E-state index is 12.6. The van der Waals surface area contributed by atoms with E-state index in [2.05, 4.69) is 10.6 Å². The van der Waals surface area contributed by atoms with E-state index >= 15 is 0 Å². The van der Waals surface area contributed by atoms with Crippen LogP contribution in [0.3, 0.4) is 0 Å². The largest absolute Gasteiger partial charge is 0.321 e. The van der Waals surface area contributed by atoms with Gasteiger partial charge in [0.05, 0.1) is 5.56 Å². The molecule has 0 unspecified atom stereocenters. The molecule has 1 aromatic carbocycles. The molecule has 0 fully saturated rings. The Labute approximate surface area is 153 Å². The summed E-state index contributed by atoms with van der Waals surface area (Å²) in [5.74, 6) is -0.663. The maximum atomic E-state index is 12.6. The molecule has 3 rings (SSSR count). The average molecular weight is 368 g/mol. The Balaban J connectivity index is 1.81. The highest BCUT2D eigenvalue weighted by Gasteiger charge is 2.15. The molecule has 3 aromatic rings. The summed E-state index contributed by atoms with van der Waals surface area (Å²) in [6, 6.07) is 13.0. The predicted octanol–water partition coefficient (Wildman–Crippen LogP) is 4.53. The van der Waals surface area contributed by atoms with E-state index in [-0.39, 0.29) is 17.5 Å². The molecule has 2 amide bonds. The predicted molar refractivity (Wildman–Crippen MR) is 104 cm³/mol. The molecule has 0 saturated carbocycles. The lowest BCUT2D eigenvalue weighted by atomic mass is 10.2. The summed E-state index contributed by atoms with van der Waals surface area (Å²) in [7, 11) is 0. The van der Waals surface area contributed by atoms with Crippen molar-refractivity contribution in [2.45, 2.75) is 6.92 Å². The molecule has 0 aliphatic heterocycles. The van der Waals surface area contributed by atoms with Crippen LogP contribution in [-0.4, -0.2) is 11.8 Å². The monoisotopic (exact) mass is 368 g/mol. The Morgan fingerprint density at radius 3 is 2.48 bits per heavy atom. The van der Waals surface area contributed by atoms with Crippen LogP contribution in [0.1, 0.15) is 20.8 Å². The second kappa shape index (κ2) is 7.92. The fourth-order valence-corrected chi connectivity index (χ4v) is 3.39. The number of rotatable bonds is 5. The van der Waals surface area contributed by atoms with Gasteiger partial charge in [0.1, 0.15) is 5.70 Å². The molecule has 2 heterocycles. The lowest BCUT2D eigenvalue weighted by molar-refractivity contribution is -0.113. The van der Waals surface area contributed by atoms with E-state index < -0.39 is 0 Å². The van der Waals surface area contributed by atoms with Crippen LogP contribution >= 0.6 is 22.7 Å². The highest BCUT2D eigenvalue weighted by atomic mass is 32.1. The van der Waals surface area contributed by atoms with Crippen molar-refractivity contribution in [3.63, 3.8) is 0 Å². The van der Waals surface area contributed by atoms with Crippen molar-refractivity contribution in [1.82, 2.24) is 5.32 Å². The fourth-order valence-electron chi connectivity index (χ4n) is 2.10. The first-order chi connectivity index (χ1) is 12.1. The summed E-state index contributed by atoms with van der Waals surface area (Å²) in [5.41, 5.74) is 2.53. The molecule has 0 atom stereocenters. The summed E-state index contributed by atoms with van der Waals surface area (Å²) >= 11 is 2.93. The van der Waals surface area contributed by atoms with Gasteiger partial charge in [0, 0.05) is 15.9 Å². The number of hydrogen-bond acceptors (Lipinski definition) is 4. The van der Waals surface area contributed by atoms with E-state index in [0.717, 1.165) is 10.4 Å². The molecule has 126 valence electrons. The smallest absolute Gasteiger partial charge is 0.272 e. The number of anilines is 1. The summed E-state index contributed by atoms with van der Waals surface area (Å²) in [5, 5.41) is 11.0. The normalized spacial score (nSPS) is 11.2. The van der Waals surface area contributed by atoms with E-state index in [1.165, 1.54) is 22.7 Å². The zero-order chi connectivity index (χ0) is 17.6. The molecule has 0 saturated heterocycles. The number of hydrogen-bond donors (Lipinski definition) is 2. The molecule has 0 spiro atoms. The number of thiophene rings is 2. The van der Waals surface area contributed by atoms with Crippen LogP contribution < -0.4 is 10.6 Å². The summed E-state index contributed by atoms with van der Waals surface area (Å²) < 4.78 is 0. The third kappa shape index (κ3) is 4.65. The fraction of sp³-hybridized carbons (Fsp3) is 0.0526. The van der Waals surface area contributed by atoms with Crippen molar-refractivity contribution in [2.75, 3.05) is 5.32 Å². The molecule has 0 aliphatic carbocycles. The van der Waals surface area contributed by atoms with Crippen LogP contribution in [0.5, 0.6) is 0 Å². The minimum Gasteiger partial charge on any atom is -0.321 e. The van der Waals surface area contributed by atoms with Crippen LogP contribution in [0, 0.1) is 6.92 Å². The Hall–Kier alpha value is -2.70. The summed E-state index contributed by atoms with van der Waals surface area (Å²) in [4.78, 5) is 25.9. The SMILES string of the molecule is Cc1ccc(NC(=O)C(=Cc2cccs2)NC(=O)c2ccsc2)cc1. The third-order valence-corrected chi connectivity index (χ3v) is 4.92. The van der Waals surface area contributed by atoms with Gasteiger partial charge < -0.3 is 10.6 Å². The maximum Gasteiger partial charge on any atom is 0.272 e. The summed E-state index contributed by atoms with van der Waals surface area (Å²) in [6.07, 6.45) is 1.68. The molecular formula is C19H16N2O2S2. The van der Waals surface area contributed by atoms with E-state index in [1.807, 2.05) is 54.1 Å². The minimum absolute atomic E-state index is 0.208. The van der Waals surface area contributed by atoms with Crippen molar-refractivity contribution in [3.05, 3.63) is 80.3 Å². The zero-order valence-electron chi connectivity index (χ0n) is 13.5. The molecule has 2 N–H and O–H groups in total. The second-order valence-corrected chi connectivity index (χ2v) is 7.12. The number of amides is 2. The Bertz CT molecular complexity index is 880. The van der Waals surface area contributed by atoms with Crippen LogP contribution in [0.15, 0.2) is 64.3 Å². The van der Waals surface area contributed by atoms with Crippen molar-refractivity contribution >= 4 is 46.3 Å². The van der Waals surface area contributed by atoms with E-state index in [0.29, 0.717) is 11.3 Å². The van der Waals surface area contributed by atoms with Gasteiger partial charge >= 0.3 is 0 Å². The molecule has 0 bridgehead atoms. The van der Waals surface area contributed by atoms with Gasteiger partial charge in [0.15, 0.2) is 0 Å². The van der Waals surface area contributed by atoms with Gasteiger partial charge in [-0.2, -0.15) is 11.3 Å². The number of nitrogens with one attached hydrogen (secondary N) is 2. The van der Waals surface area contributed by atoms with Crippen LogP contribution in [-0.2, 0) is 4.79 Å². The van der Waals surface area contributed by atoms with Crippen molar-refractivity contribution in [1.29, 1.82) is 0 Å². The van der Waals surface area contributed by atoms with Crippen LogP contribution in [0.25, 0.3) is 6.08 Å². The molecule has 25 heavy (non-hydrogen) atoms. The zero-order valence-corrected chi connectivity index (χ0v) is 15.1. The lowest BCUT2D eigenvalue weighted by Gasteiger charge is -2.10. The van der Waals surface area contributed by atoms with E-state index in [1.54, 1.807) is 17.5 Å². The highest BCUT2D eigenvalue weighted by Crippen LogP contribution is 2.15. The first kappa shape index (κ1) is 17.1. The van der Waals surface area contributed by atoms with Gasteiger partial charge in [-0.15, -0.1) is 11.3 Å². The van der Waals surface area contributed by atoms with Crippen molar-refractivity contribution in [3.8, 4) is 0 Å². The second-order valence-electron chi connectivity index (χ2n) is 5.36. The number of carbonyl (C=O) groups is 2. The molecule has 0 aliphatic rings. The first-order valence-electron chi connectivity index (χ1n) is 7.58. The van der Waals surface area contributed by atoms with Crippen molar-refractivity contribution in [2.24, 2.45) is 0 Å². The van der Waals surface area contributed by atoms with Crippen molar-refractivity contribution < 1.29 is 9.59 Å². The topological polar surface area (TPSA) is 58.2 Å². The Kier molecular flexibility index (Phi) is 5.42. The Morgan fingerprint density at radius 1 is 1.04 bits per heavy atom. The van der Waals surface area contributed by atoms with Gasteiger partial charge in [0.2, 0.25) is 0 Å². The van der Waals surface area contributed by atoms with E-state index in [9.17, 15) is 9.59 Å². The molecule has 2 aromatic heterocycles. The van der Waals surface area contributed by atoms with Crippen LogP contribution in [0.4, 0.5) is 5.69 Å². The first-order valence-corrected chi connectivity index (χ1v) is 9.41.